The lowest BCUT2D eigenvalue weighted by molar-refractivity contribution is -0.115. The lowest BCUT2D eigenvalue weighted by atomic mass is 9.99. The Labute approximate surface area is 189 Å². The molecule has 0 unspecified atom stereocenters. The van der Waals surface area contributed by atoms with Crippen molar-refractivity contribution < 1.29 is 26.7 Å². The molecular weight excluding hydrogens is 460 g/mol. The van der Waals surface area contributed by atoms with Crippen molar-refractivity contribution >= 4 is 33.0 Å². The smallest absolute Gasteiger partial charge is 0.387 e. The van der Waals surface area contributed by atoms with Crippen molar-refractivity contribution in [3.63, 3.8) is 0 Å². The van der Waals surface area contributed by atoms with Crippen LogP contribution >= 0.6 is 11.6 Å². The number of amides is 1. The number of sulfone groups is 1. The molecule has 0 heterocycles. The van der Waals surface area contributed by atoms with Crippen LogP contribution in [-0.4, -0.2) is 27.2 Å². The monoisotopic (exact) mass is 479 g/mol. The van der Waals surface area contributed by atoms with Crippen molar-refractivity contribution in [2.45, 2.75) is 24.9 Å². The SMILES string of the molecule is Cc1cc(NC(=O)Cc2ccc(S(C)(=O)=O)cc2)ccc1-c1ccc(Cl)cc1OC(F)F. The molecule has 0 saturated carbocycles. The minimum Gasteiger partial charge on any atom is -0.434 e. The fraction of sp³-hybridized carbons (Fsp3) is 0.174. The van der Waals surface area contributed by atoms with Gasteiger partial charge in [-0.05, 0) is 66.1 Å². The second-order valence-electron chi connectivity index (χ2n) is 7.19. The van der Waals surface area contributed by atoms with Crippen molar-refractivity contribution in [1.82, 2.24) is 0 Å². The molecule has 0 fully saturated rings. The lowest BCUT2D eigenvalue weighted by Crippen LogP contribution is -2.14. The Morgan fingerprint density at radius 3 is 2.28 bits per heavy atom. The molecule has 1 N–H and O–H groups in total. The highest BCUT2D eigenvalue weighted by Gasteiger charge is 2.15. The number of rotatable bonds is 7. The fourth-order valence-electron chi connectivity index (χ4n) is 3.20. The summed E-state index contributed by atoms with van der Waals surface area (Å²) in [5.74, 6) is -0.317. The van der Waals surface area contributed by atoms with E-state index < -0.39 is 16.4 Å². The van der Waals surface area contributed by atoms with Crippen LogP contribution in [0.15, 0.2) is 65.6 Å². The Balaban J connectivity index is 1.75. The van der Waals surface area contributed by atoms with Crippen molar-refractivity contribution in [2.75, 3.05) is 11.6 Å². The van der Waals surface area contributed by atoms with Gasteiger partial charge in [0.15, 0.2) is 9.84 Å². The van der Waals surface area contributed by atoms with Crippen LogP contribution in [0.4, 0.5) is 14.5 Å². The van der Waals surface area contributed by atoms with Crippen molar-refractivity contribution in [3.05, 3.63) is 76.8 Å². The summed E-state index contributed by atoms with van der Waals surface area (Å²) in [5, 5.41) is 3.05. The summed E-state index contributed by atoms with van der Waals surface area (Å²) < 4.78 is 53.2. The number of ether oxygens (including phenoxy) is 1. The molecule has 0 atom stereocenters. The van der Waals surface area contributed by atoms with Crippen LogP contribution in [-0.2, 0) is 21.1 Å². The van der Waals surface area contributed by atoms with E-state index in [-0.39, 0.29) is 28.0 Å². The molecule has 0 aromatic heterocycles. The highest BCUT2D eigenvalue weighted by molar-refractivity contribution is 7.90. The van der Waals surface area contributed by atoms with E-state index in [2.05, 4.69) is 10.1 Å². The van der Waals surface area contributed by atoms with Gasteiger partial charge in [-0.25, -0.2) is 8.42 Å². The molecule has 5 nitrogen and oxygen atoms in total. The number of hydrogen-bond donors (Lipinski definition) is 1. The van der Waals surface area contributed by atoms with Gasteiger partial charge >= 0.3 is 6.61 Å². The van der Waals surface area contributed by atoms with Crippen LogP contribution in [0.1, 0.15) is 11.1 Å². The Bertz CT molecular complexity index is 1250. The van der Waals surface area contributed by atoms with Gasteiger partial charge in [-0.15, -0.1) is 0 Å². The number of hydrogen-bond acceptors (Lipinski definition) is 4. The van der Waals surface area contributed by atoms with Gasteiger partial charge in [0.25, 0.3) is 0 Å². The summed E-state index contributed by atoms with van der Waals surface area (Å²) in [6.07, 6.45) is 1.18. The molecule has 32 heavy (non-hydrogen) atoms. The first kappa shape index (κ1) is 23.7. The zero-order valence-corrected chi connectivity index (χ0v) is 18.8. The Morgan fingerprint density at radius 1 is 1.03 bits per heavy atom. The number of carbonyl (C=O) groups excluding carboxylic acids is 1. The topological polar surface area (TPSA) is 72.5 Å². The molecule has 3 aromatic rings. The van der Waals surface area contributed by atoms with E-state index in [0.717, 1.165) is 11.8 Å². The highest BCUT2D eigenvalue weighted by Crippen LogP contribution is 2.36. The first-order chi connectivity index (χ1) is 15.0. The van der Waals surface area contributed by atoms with E-state index in [4.69, 9.17) is 11.6 Å². The molecule has 9 heteroatoms. The first-order valence-electron chi connectivity index (χ1n) is 9.47. The zero-order chi connectivity index (χ0) is 23.5. The Morgan fingerprint density at radius 2 is 1.69 bits per heavy atom. The summed E-state index contributed by atoms with van der Waals surface area (Å²) >= 11 is 5.91. The number of nitrogens with one attached hydrogen (secondary N) is 1. The molecule has 3 rings (SSSR count). The van der Waals surface area contributed by atoms with Crippen LogP contribution in [0, 0.1) is 6.92 Å². The molecule has 0 aliphatic heterocycles. The molecule has 0 aliphatic rings. The predicted octanol–water partition coefficient (Wildman–Crippen LogP) is 5.50. The van der Waals surface area contributed by atoms with E-state index in [1.54, 1.807) is 49.4 Å². The maximum atomic E-state index is 12.8. The minimum atomic E-state index is -3.30. The maximum Gasteiger partial charge on any atom is 0.387 e. The molecule has 168 valence electrons. The van der Waals surface area contributed by atoms with Crippen LogP contribution in [0.25, 0.3) is 11.1 Å². The summed E-state index contributed by atoms with van der Waals surface area (Å²) in [5.41, 5.74) is 3.05. The molecule has 0 saturated heterocycles. The van der Waals surface area contributed by atoms with E-state index in [1.807, 2.05) is 0 Å². The van der Waals surface area contributed by atoms with E-state index in [0.29, 0.717) is 22.4 Å². The summed E-state index contributed by atoms with van der Waals surface area (Å²) in [6, 6.07) is 15.7. The minimum absolute atomic E-state index is 0.0371. The van der Waals surface area contributed by atoms with Crippen molar-refractivity contribution in [3.8, 4) is 16.9 Å². The van der Waals surface area contributed by atoms with Crippen LogP contribution in [0.5, 0.6) is 5.75 Å². The molecule has 0 aliphatic carbocycles. The van der Waals surface area contributed by atoms with E-state index >= 15 is 0 Å². The number of carbonyl (C=O) groups is 1. The van der Waals surface area contributed by atoms with Crippen molar-refractivity contribution in [2.24, 2.45) is 0 Å². The fourth-order valence-corrected chi connectivity index (χ4v) is 3.99. The molecule has 1 amide bonds. The van der Waals surface area contributed by atoms with Gasteiger partial charge in [-0.1, -0.05) is 29.8 Å². The number of halogens is 3. The lowest BCUT2D eigenvalue weighted by Gasteiger charge is -2.14. The van der Waals surface area contributed by atoms with Gasteiger partial charge in [0.2, 0.25) is 5.91 Å². The molecule has 3 aromatic carbocycles. The normalized spacial score (nSPS) is 11.4. The van der Waals surface area contributed by atoms with Gasteiger partial charge in [0, 0.05) is 22.5 Å². The zero-order valence-electron chi connectivity index (χ0n) is 17.2. The second kappa shape index (κ2) is 9.67. The van der Waals surface area contributed by atoms with Gasteiger partial charge in [-0.2, -0.15) is 8.78 Å². The quantitative estimate of drug-likeness (QED) is 0.485. The third-order valence-corrected chi connectivity index (χ3v) is 6.04. The average molecular weight is 480 g/mol. The second-order valence-corrected chi connectivity index (χ2v) is 9.64. The molecule has 0 radical (unpaired) electrons. The number of anilines is 1. The first-order valence-corrected chi connectivity index (χ1v) is 11.7. The standard InChI is InChI=1S/C23H20ClF2NO4S/c1-14-11-17(27-22(28)12-15-3-7-18(8-4-15)32(2,29)30)6-10-19(14)20-9-5-16(24)13-21(20)31-23(25)26/h3-11,13,23H,12H2,1-2H3,(H,27,28). The third kappa shape index (κ3) is 6.05. The number of benzene rings is 3. The third-order valence-electron chi connectivity index (χ3n) is 4.68. The van der Waals surface area contributed by atoms with Gasteiger partial charge in [-0.3, -0.25) is 4.79 Å². The summed E-state index contributed by atoms with van der Waals surface area (Å²) in [6.45, 7) is -1.20. The van der Waals surface area contributed by atoms with E-state index in [1.165, 1.54) is 18.2 Å². The molecule has 0 bridgehead atoms. The summed E-state index contributed by atoms with van der Waals surface area (Å²) in [4.78, 5) is 12.6. The number of aryl methyl sites for hydroxylation is 1. The summed E-state index contributed by atoms with van der Waals surface area (Å²) in [7, 11) is -3.30. The Kier molecular flexibility index (Phi) is 7.16. The Hall–Kier alpha value is -2.97. The van der Waals surface area contributed by atoms with Gasteiger partial charge in [0.1, 0.15) is 5.75 Å². The largest absolute Gasteiger partial charge is 0.434 e. The van der Waals surface area contributed by atoms with Crippen molar-refractivity contribution in [1.29, 1.82) is 0 Å². The van der Waals surface area contributed by atoms with Gasteiger partial charge in [0.05, 0.1) is 11.3 Å². The number of alkyl halides is 2. The highest BCUT2D eigenvalue weighted by atomic mass is 35.5. The van der Waals surface area contributed by atoms with Crippen LogP contribution < -0.4 is 10.1 Å². The average Bonchev–Trinajstić information content (AvgIpc) is 2.68. The molecule has 0 spiro atoms. The molecular formula is C23H20ClF2NO4S. The van der Waals surface area contributed by atoms with E-state index in [9.17, 15) is 22.0 Å². The maximum absolute atomic E-state index is 12.8. The predicted molar refractivity (Wildman–Crippen MR) is 120 cm³/mol. The van der Waals surface area contributed by atoms with Crippen LogP contribution in [0.2, 0.25) is 5.02 Å². The van der Waals surface area contributed by atoms with Gasteiger partial charge < -0.3 is 10.1 Å². The van der Waals surface area contributed by atoms with Crippen LogP contribution in [0.3, 0.4) is 0 Å².